The molecule has 94 valence electrons. The zero-order valence-corrected chi connectivity index (χ0v) is 10.5. The molecule has 0 aliphatic rings. The van der Waals surface area contributed by atoms with Crippen LogP contribution < -0.4 is 5.73 Å². The maximum atomic E-state index is 11.6. The van der Waals surface area contributed by atoms with Crippen LogP contribution in [0, 0.1) is 5.41 Å². The highest BCUT2D eigenvalue weighted by atomic mass is 16.6. The SMILES string of the molecule is CC(C)(C)OC(=O)C(N)C(C)(C)CC(=O)O. The molecule has 0 bridgehead atoms. The van der Waals surface area contributed by atoms with Gasteiger partial charge >= 0.3 is 11.9 Å². The molecule has 0 radical (unpaired) electrons. The van der Waals surface area contributed by atoms with Gasteiger partial charge in [-0.3, -0.25) is 9.59 Å². The molecule has 0 aliphatic carbocycles. The first kappa shape index (κ1) is 14.9. The lowest BCUT2D eigenvalue weighted by Gasteiger charge is -2.31. The van der Waals surface area contributed by atoms with Crippen molar-refractivity contribution in [3.63, 3.8) is 0 Å². The minimum absolute atomic E-state index is 0.173. The Morgan fingerprint density at radius 3 is 2.00 bits per heavy atom. The number of esters is 1. The third kappa shape index (κ3) is 5.11. The van der Waals surface area contributed by atoms with Crippen LogP contribution in [-0.2, 0) is 14.3 Å². The van der Waals surface area contributed by atoms with Gasteiger partial charge in [0.25, 0.3) is 0 Å². The molecular weight excluding hydrogens is 210 g/mol. The van der Waals surface area contributed by atoms with Crippen molar-refractivity contribution in [3.8, 4) is 0 Å². The number of carboxylic acids is 1. The number of carbonyl (C=O) groups is 2. The number of rotatable bonds is 4. The smallest absolute Gasteiger partial charge is 0.324 e. The van der Waals surface area contributed by atoms with Crippen LogP contribution in [0.25, 0.3) is 0 Å². The van der Waals surface area contributed by atoms with E-state index in [2.05, 4.69) is 0 Å². The van der Waals surface area contributed by atoms with Crippen LogP contribution >= 0.6 is 0 Å². The lowest BCUT2D eigenvalue weighted by molar-refractivity contribution is -0.160. The molecule has 0 saturated carbocycles. The lowest BCUT2D eigenvalue weighted by Crippen LogP contribution is -2.48. The molecule has 0 heterocycles. The molecule has 16 heavy (non-hydrogen) atoms. The number of carbonyl (C=O) groups excluding carboxylic acids is 1. The van der Waals surface area contributed by atoms with Crippen molar-refractivity contribution in [2.75, 3.05) is 0 Å². The predicted molar refractivity (Wildman–Crippen MR) is 59.9 cm³/mol. The van der Waals surface area contributed by atoms with Gasteiger partial charge in [-0.25, -0.2) is 0 Å². The van der Waals surface area contributed by atoms with Gasteiger partial charge in [0.05, 0.1) is 6.42 Å². The Labute approximate surface area is 96.0 Å². The highest BCUT2D eigenvalue weighted by Crippen LogP contribution is 2.25. The van der Waals surface area contributed by atoms with Gasteiger partial charge in [0, 0.05) is 5.41 Å². The summed E-state index contributed by atoms with van der Waals surface area (Å²) < 4.78 is 5.11. The normalized spacial score (nSPS) is 14.4. The Morgan fingerprint density at radius 2 is 1.69 bits per heavy atom. The second kappa shape index (κ2) is 4.82. The number of hydrogen-bond donors (Lipinski definition) is 2. The summed E-state index contributed by atoms with van der Waals surface area (Å²) in [5.74, 6) is -1.55. The van der Waals surface area contributed by atoms with Crippen LogP contribution in [0.3, 0.4) is 0 Å². The Morgan fingerprint density at radius 1 is 1.25 bits per heavy atom. The van der Waals surface area contributed by atoms with E-state index in [4.69, 9.17) is 15.6 Å². The largest absolute Gasteiger partial charge is 0.481 e. The van der Waals surface area contributed by atoms with Gasteiger partial charge in [-0.05, 0) is 20.8 Å². The zero-order valence-electron chi connectivity index (χ0n) is 10.5. The van der Waals surface area contributed by atoms with Crippen LogP contribution in [0.4, 0.5) is 0 Å². The molecule has 0 aromatic carbocycles. The van der Waals surface area contributed by atoms with Gasteiger partial charge in [-0.1, -0.05) is 13.8 Å². The van der Waals surface area contributed by atoms with E-state index >= 15 is 0 Å². The zero-order chi connectivity index (χ0) is 13.1. The van der Waals surface area contributed by atoms with Crippen LogP contribution in [-0.4, -0.2) is 28.7 Å². The summed E-state index contributed by atoms with van der Waals surface area (Å²) >= 11 is 0. The summed E-state index contributed by atoms with van der Waals surface area (Å²) in [5, 5.41) is 8.70. The molecule has 0 aliphatic heterocycles. The molecule has 0 aromatic rings. The van der Waals surface area contributed by atoms with Crippen LogP contribution in [0.2, 0.25) is 0 Å². The summed E-state index contributed by atoms with van der Waals surface area (Å²) in [6, 6.07) is -0.942. The van der Waals surface area contributed by atoms with E-state index in [9.17, 15) is 9.59 Å². The van der Waals surface area contributed by atoms with Gasteiger partial charge < -0.3 is 15.6 Å². The van der Waals surface area contributed by atoms with Crippen molar-refractivity contribution in [1.82, 2.24) is 0 Å². The Hall–Kier alpha value is -1.10. The van der Waals surface area contributed by atoms with Gasteiger partial charge in [0.15, 0.2) is 0 Å². The molecule has 0 amide bonds. The Kier molecular flexibility index (Phi) is 4.49. The molecule has 0 rings (SSSR count). The van der Waals surface area contributed by atoms with E-state index in [0.717, 1.165) is 0 Å². The van der Waals surface area contributed by atoms with E-state index in [1.165, 1.54) is 0 Å². The standard InChI is InChI=1S/C11H21NO4/c1-10(2,3)16-9(15)8(12)11(4,5)6-7(13)14/h8H,6,12H2,1-5H3,(H,13,14). The highest BCUT2D eigenvalue weighted by Gasteiger charge is 2.36. The molecular formula is C11H21NO4. The van der Waals surface area contributed by atoms with E-state index < -0.39 is 29.0 Å². The molecule has 1 unspecified atom stereocenters. The van der Waals surface area contributed by atoms with Crippen molar-refractivity contribution in [2.45, 2.75) is 52.7 Å². The number of aliphatic carboxylic acids is 1. The molecule has 0 saturated heterocycles. The summed E-state index contributed by atoms with van der Waals surface area (Å²) in [6.45, 7) is 8.48. The third-order valence-corrected chi connectivity index (χ3v) is 2.11. The second-order valence-electron chi connectivity index (χ2n) is 5.57. The first-order chi connectivity index (χ1) is 6.96. The minimum atomic E-state index is -0.982. The van der Waals surface area contributed by atoms with Crippen molar-refractivity contribution >= 4 is 11.9 Å². The van der Waals surface area contributed by atoms with Gasteiger partial charge in [-0.2, -0.15) is 0 Å². The fraction of sp³-hybridized carbons (Fsp3) is 0.818. The lowest BCUT2D eigenvalue weighted by atomic mass is 9.81. The molecule has 3 N–H and O–H groups in total. The monoisotopic (exact) mass is 231 g/mol. The highest BCUT2D eigenvalue weighted by molar-refractivity contribution is 5.78. The first-order valence-electron chi connectivity index (χ1n) is 5.16. The molecule has 0 aromatic heterocycles. The first-order valence-corrected chi connectivity index (χ1v) is 5.16. The second-order valence-corrected chi connectivity index (χ2v) is 5.57. The maximum absolute atomic E-state index is 11.6. The number of nitrogens with two attached hydrogens (primary N) is 1. The van der Waals surface area contributed by atoms with Gasteiger partial charge in [-0.15, -0.1) is 0 Å². The number of ether oxygens (including phenoxy) is 1. The summed E-state index contributed by atoms with van der Waals surface area (Å²) in [5.41, 5.74) is 4.27. The van der Waals surface area contributed by atoms with Crippen LogP contribution in [0.1, 0.15) is 41.0 Å². The van der Waals surface area contributed by atoms with Crippen LogP contribution in [0.15, 0.2) is 0 Å². The van der Waals surface area contributed by atoms with E-state index in [1.54, 1.807) is 34.6 Å². The predicted octanol–water partition coefficient (Wildman–Crippen LogP) is 1.16. The van der Waals surface area contributed by atoms with E-state index in [-0.39, 0.29) is 6.42 Å². The van der Waals surface area contributed by atoms with Crippen molar-refractivity contribution in [3.05, 3.63) is 0 Å². The maximum Gasteiger partial charge on any atom is 0.324 e. The van der Waals surface area contributed by atoms with Crippen molar-refractivity contribution in [2.24, 2.45) is 11.1 Å². The molecule has 0 fully saturated rings. The minimum Gasteiger partial charge on any atom is -0.481 e. The molecule has 5 nitrogen and oxygen atoms in total. The summed E-state index contributed by atoms with van der Waals surface area (Å²) in [6.07, 6.45) is -0.173. The van der Waals surface area contributed by atoms with Crippen molar-refractivity contribution in [1.29, 1.82) is 0 Å². The third-order valence-electron chi connectivity index (χ3n) is 2.11. The van der Waals surface area contributed by atoms with Crippen molar-refractivity contribution < 1.29 is 19.4 Å². The fourth-order valence-corrected chi connectivity index (χ4v) is 1.18. The topological polar surface area (TPSA) is 89.6 Å². The van der Waals surface area contributed by atoms with E-state index in [1.807, 2.05) is 0 Å². The average Bonchev–Trinajstić information content (AvgIpc) is 1.96. The average molecular weight is 231 g/mol. The van der Waals surface area contributed by atoms with E-state index in [0.29, 0.717) is 0 Å². The summed E-state index contributed by atoms with van der Waals surface area (Å²) in [7, 11) is 0. The Balaban J connectivity index is 4.59. The van der Waals surface area contributed by atoms with Crippen LogP contribution in [0.5, 0.6) is 0 Å². The summed E-state index contributed by atoms with van der Waals surface area (Å²) in [4.78, 5) is 22.3. The Bertz CT molecular complexity index is 278. The van der Waals surface area contributed by atoms with Gasteiger partial charge in [0.1, 0.15) is 11.6 Å². The molecule has 0 spiro atoms. The molecule has 5 heteroatoms. The quantitative estimate of drug-likeness (QED) is 0.708. The number of hydrogen-bond acceptors (Lipinski definition) is 4. The fourth-order valence-electron chi connectivity index (χ4n) is 1.18. The molecule has 1 atom stereocenters. The van der Waals surface area contributed by atoms with Gasteiger partial charge in [0.2, 0.25) is 0 Å². The number of carboxylic acid groups (broad SMARTS) is 1.